The zero-order valence-corrected chi connectivity index (χ0v) is 11.7. The minimum Gasteiger partial charge on any atom is -0.410 e. The van der Waals surface area contributed by atoms with Crippen molar-refractivity contribution in [3.05, 3.63) is 12.7 Å². The standard InChI is InChI=1S/C12H24O2Si/c1-7-10-8-9-11(13-10)12(2,3)14-15(4,5)6/h7,10-11H,1,8-9H2,2-6H3/t10-,11-/m0/s1. The van der Waals surface area contributed by atoms with Gasteiger partial charge >= 0.3 is 0 Å². The number of hydrogen-bond donors (Lipinski definition) is 0. The van der Waals surface area contributed by atoms with E-state index < -0.39 is 8.32 Å². The Morgan fingerprint density at radius 1 is 1.33 bits per heavy atom. The Labute approximate surface area is 94.8 Å². The highest BCUT2D eigenvalue weighted by molar-refractivity contribution is 6.69. The van der Waals surface area contributed by atoms with Crippen molar-refractivity contribution in [2.45, 2.75) is 64.1 Å². The van der Waals surface area contributed by atoms with Gasteiger partial charge in [-0.05, 0) is 46.3 Å². The van der Waals surface area contributed by atoms with Gasteiger partial charge in [-0.15, -0.1) is 6.58 Å². The van der Waals surface area contributed by atoms with Gasteiger partial charge in [0.15, 0.2) is 8.32 Å². The third-order valence-corrected chi connectivity index (χ3v) is 3.80. The first-order valence-electron chi connectivity index (χ1n) is 5.73. The molecule has 3 heteroatoms. The van der Waals surface area contributed by atoms with Crippen LogP contribution in [0.2, 0.25) is 19.6 Å². The van der Waals surface area contributed by atoms with E-state index in [9.17, 15) is 0 Å². The first-order chi connectivity index (χ1) is 6.74. The molecule has 1 saturated heterocycles. The fourth-order valence-electron chi connectivity index (χ4n) is 2.20. The summed E-state index contributed by atoms with van der Waals surface area (Å²) in [5.74, 6) is 0. The summed E-state index contributed by atoms with van der Waals surface area (Å²) in [6.07, 6.45) is 4.48. The van der Waals surface area contributed by atoms with Crippen molar-refractivity contribution in [3.8, 4) is 0 Å². The van der Waals surface area contributed by atoms with Crippen LogP contribution in [0.25, 0.3) is 0 Å². The lowest BCUT2D eigenvalue weighted by molar-refractivity contribution is -0.0622. The zero-order valence-electron chi connectivity index (χ0n) is 10.7. The summed E-state index contributed by atoms with van der Waals surface area (Å²) in [6.45, 7) is 14.7. The van der Waals surface area contributed by atoms with Crippen molar-refractivity contribution >= 4 is 8.32 Å². The van der Waals surface area contributed by atoms with E-state index in [1.807, 2.05) is 6.08 Å². The summed E-state index contributed by atoms with van der Waals surface area (Å²) in [5, 5.41) is 0. The van der Waals surface area contributed by atoms with Crippen molar-refractivity contribution < 1.29 is 9.16 Å². The van der Waals surface area contributed by atoms with Crippen molar-refractivity contribution in [2.75, 3.05) is 0 Å². The molecule has 0 bridgehead atoms. The molecule has 0 spiro atoms. The van der Waals surface area contributed by atoms with Gasteiger partial charge in [-0.3, -0.25) is 0 Å². The molecule has 1 fully saturated rings. The maximum atomic E-state index is 6.18. The van der Waals surface area contributed by atoms with Crippen LogP contribution in [0.1, 0.15) is 26.7 Å². The Morgan fingerprint density at radius 2 is 1.93 bits per heavy atom. The van der Waals surface area contributed by atoms with Crippen LogP contribution >= 0.6 is 0 Å². The predicted molar refractivity (Wildman–Crippen MR) is 66.6 cm³/mol. The van der Waals surface area contributed by atoms with Crippen LogP contribution in [0.15, 0.2) is 12.7 Å². The second kappa shape index (κ2) is 4.40. The molecule has 2 nitrogen and oxygen atoms in total. The molecule has 15 heavy (non-hydrogen) atoms. The molecule has 1 heterocycles. The van der Waals surface area contributed by atoms with Gasteiger partial charge in [0, 0.05) is 0 Å². The first kappa shape index (κ1) is 12.9. The molecule has 2 atom stereocenters. The van der Waals surface area contributed by atoms with Gasteiger partial charge in [-0.1, -0.05) is 6.08 Å². The Morgan fingerprint density at radius 3 is 2.33 bits per heavy atom. The van der Waals surface area contributed by atoms with E-state index in [2.05, 4.69) is 40.1 Å². The molecule has 0 N–H and O–H groups in total. The molecular formula is C12H24O2Si. The molecule has 88 valence electrons. The van der Waals surface area contributed by atoms with Crippen LogP contribution in [0.3, 0.4) is 0 Å². The molecule has 1 aliphatic heterocycles. The van der Waals surface area contributed by atoms with E-state index in [1.54, 1.807) is 0 Å². The molecular weight excluding hydrogens is 204 g/mol. The molecule has 0 aromatic heterocycles. The van der Waals surface area contributed by atoms with Gasteiger partial charge < -0.3 is 9.16 Å². The van der Waals surface area contributed by atoms with E-state index in [0.29, 0.717) is 0 Å². The fraction of sp³-hybridized carbons (Fsp3) is 0.833. The lowest BCUT2D eigenvalue weighted by Gasteiger charge is -2.37. The van der Waals surface area contributed by atoms with Gasteiger partial charge in [0.1, 0.15) is 0 Å². The SMILES string of the molecule is C=C[C@H]1CC[C@@H](C(C)(C)O[Si](C)(C)C)O1. The van der Waals surface area contributed by atoms with Crippen LogP contribution in [0, 0.1) is 0 Å². The molecule has 0 saturated carbocycles. The first-order valence-corrected chi connectivity index (χ1v) is 9.13. The van der Waals surface area contributed by atoms with E-state index in [1.165, 1.54) is 0 Å². The molecule has 1 aliphatic rings. The highest BCUT2D eigenvalue weighted by Crippen LogP contribution is 2.32. The summed E-state index contributed by atoms with van der Waals surface area (Å²) in [7, 11) is -1.50. The molecule has 1 rings (SSSR count). The van der Waals surface area contributed by atoms with E-state index >= 15 is 0 Å². The molecule has 0 amide bonds. The summed E-state index contributed by atoms with van der Waals surface area (Å²) < 4.78 is 12.1. The number of hydrogen-bond acceptors (Lipinski definition) is 2. The van der Waals surface area contributed by atoms with Crippen LogP contribution in [0.4, 0.5) is 0 Å². The van der Waals surface area contributed by atoms with Gasteiger partial charge in [-0.2, -0.15) is 0 Å². The fourth-order valence-corrected chi connectivity index (χ4v) is 3.91. The lowest BCUT2D eigenvalue weighted by Crippen LogP contribution is -2.46. The quantitative estimate of drug-likeness (QED) is 0.543. The second-order valence-electron chi connectivity index (χ2n) is 5.79. The monoisotopic (exact) mass is 228 g/mol. The predicted octanol–water partition coefficient (Wildman–Crippen LogP) is 3.35. The minimum absolute atomic E-state index is 0.164. The van der Waals surface area contributed by atoms with E-state index in [4.69, 9.17) is 9.16 Å². The summed E-state index contributed by atoms with van der Waals surface area (Å²) in [5.41, 5.74) is -0.164. The van der Waals surface area contributed by atoms with E-state index in [-0.39, 0.29) is 17.8 Å². The summed E-state index contributed by atoms with van der Waals surface area (Å²) >= 11 is 0. The molecule has 0 aliphatic carbocycles. The third kappa shape index (κ3) is 3.74. The van der Waals surface area contributed by atoms with Crippen molar-refractivity contribution in [1.82, 2.24) is 0 Å². The Kier molecular flexibility index (Phi) is 3.79. The topological polar surface area (TPSA) is 18.5 Å². The molecule has 0 unspecified atom stereocenters. The van der Waals surface area contributed by atoms with Gasteiger partial charge in [0.2, 0.25) is 0 Å². The molecule has 0 aromatic carbocycles. The molecule has 0 aromatic rings. The maximum absolute atomic E-state index is 6.18. The Balaban J connectivity index is 2.59. The smallest absolute Gasteiger partial charge is 0.184 e. The van der Waals surface area contributed by atoms with Gasteiger partial charge in [-0.25, -0.2) is 0 Å². The minimum atomic E-state index is -1.50. The van der Waals surface area contributed by atoms with Crippen LogP contribution < -0.4 is 0 Å². The summed E-state index contributed by atoms with van der Waals surface area (Å²) in [4.78, 5) is 0. The van der Waals surface area contributed by atoms with Crippen molar-refractivity contribution in [1.29, 1.82) is 0 Å². The average molecular weight is 228 g/mol. The number of ether oxygens (including phenoxy) is 1. The largest absolute Gasteiger partial charge is 0.410 e. The summed E-state index contributed by atoms with van der Waals surface area (Å²) in [6, 6.07) is 0. The van der Waals surface area contributed by atoms with Crippen LogP contribution in [-0.2, 0) is 9.16 Å². The highest BCUT2D eigenvalue weighted by Gasteiger charge is 2.39. The maximum Gasteiger partial charge on any atom is 0.184 e. The zero-order chi connectivity index (χ0) is 11.7. The normalized spacial score (nSPS) is 28.1. The van der Waals surface area contributed by atoms with Crippen molar-refractivity contribution in [3.63, 3.8) is 0 Å². The van der Waals surface area contributed by atoms with E-state index in [0.717, 1.165) is 12.8 Å². The third-order valence-electron chi connectivity index (χ3n) is 2.66. The lowest BCUT2D eigenvalue weighted by atomic mass is 9.99. The van der Waals surface area contributed by atoms with Gasteiger partial charge in [0.25, 0.3) is 0 Å². The number of rotatable bonds is 4. The Hall–Kier alpha value is -0.123. The van der Waals surface area contributed by atoms with Crippen LogP contribution in [-0.4, -0.2) is 26.1 Å². The molecule has 0 radical (unpaired) electrons. The highest BCUT2D eigenvalue weighted by atomic mass is 28.4. The average Bonchev–Trinajstić information content (AvgIpc) is 2.47. The Bertz CT molecular complexity index is 230. The second-order valence-corrected chi connectivity index (χ2v) is 10.2. The van der Waals surface area contributed by atoms with Crippen LogP contribution in [0.5, 0.6) is 0 Å². The van der Waals surface area contributed by atoms with Gasteiger partial charge in [0.05, 0.1) is 17.8 Å². The van der Waals surface area contributed by atoms with Crippen molar-refractivity contribution in [2.24, 2.45) is 0 Å².